The molecule has 14 heavy (non-hydrogen) atoms. The quantitative estimate of drug-likeness (QED) is 0.510. The summed E-state index contributed by atoms with van der Waals surface area (Å²) in [7, 11) is -3.95. The fraction of sp³-hybridized carbons (Fsp3) is 0.250. The van der Waals surface area contributed by atoms with E-state index in [4.69, 9.17) is 4.55 Å². The van der Waals surface area contributed by atoms with E-state index in [9.17, 15) is 13.5 Å². The first-order valence-corrected chi connectivity index (χ1v) is 5.57. The van der Waals surface area contributed by atoms with Crippen molar-refractivity contribution in [2.45, 2.75) is 0 Å². The monoisotopic (exact) mass is 217 g/mol. The highest BCUT2D eigenvalue weighted by molar-refractivity contribution is 7.85. The molecule has 0 radical (unpaired) electrons. The lowest BCUT2D eigenvalue weighted by atomic mass is 10.3. The highest BCUT2D eigenvalue weighted by Crippen LogP contribution is 2.20. The molecule has 0 atom stereocenters. The smallest absolute Gasteiger partial charge is 0.266 e. The Balaban J connectivity index is 2.51. The second-order valence-electron chi connectivity index (χ2n) is 2.73. The Morgan fingerprint density at radius 1 is 1.29 bits per heavy atom. The van der Waals surface area contributed by atoms with Crippen LogP contribution in [0.2, 0.25) is 0 Å². The summed E-state index contributed by atoms with van der Waals surface area (Å²) in [5, 5.41) is 11.9. The summed E-state index contributed by atoms with van der Waals surface area (Å²) in [6.07, 6.45) is 0. The Bertz CT molecular complexity index is 402. The van der Waals surface area contributed by atoms with Gasteiger partial charge in [0.2, 0.25) is 0 Å². The molecule has 0 heterocycles. The van der Waals surface area contributed by atoms with Gasteiger partial charge in [-0.2, -0.15) is 8.42 Å². The predicted octanol–water partition coefficient (Wildman–Crippen LogP) is 0.692. The molecular formula is C8H11NO4S. The number of rotatable bonds is 4. The molecule has 0 fully saturated rings. The van der Waals surface area contributed by atoms with Crippen molar-refractivity contribution in [3.8, 4) is 5.75 Å². The van der Waals surface area contributed by atoms with E-state index in [1.165, 1.54) is 6.07 Å². The number of aromatic hydroxyl groups is 1. The van der Waals surface area contributed by atoms with Gasteiger partial charge in [-0.3, -0.25) is 4.55 Å². The topological polar surface area (TPSA) is 86.6 Å². The molecule has 78 valence electrons. The molecule has 0 saturated heterocycles. The van der Waals surface area contributed by atoms with Gasteiger partial charge in [-0.25, -0.2) is 0 Å². The minimum atomic E-state index is -3.95. The molecule has 1 aromatic carbocycles. The van der Waals surface area contributed by atoms with Crippen LogP contribution in [0.1, 0.15) is 0 Å². The first-order valence-electron chi connectivity index (χ1n) is 3.96. The van der Waals surface area contributed by atoms with Gasteiger partial charge in [0.1, 0.15) is 5.75 Å². The summed E-state index contributed by atoms with van der Waals surface area (Å²) in [6, 6.07) is 6.45. The van der Waals surface area contributed by atoms with Gasteiger partial charge in [-0.15, -0.1) is 0 Å². The van der Waals surface area contributed by atoms with Crippen LogP contribution in [0.3, 0.4) is 0 Å². The number of hydrogen-bond acceptors (Lipinski definition) is 4. The molecule has 0 aliphatic rings. The van der Waals surface area contributed by atoms with Crippen LogP contribution in [0.5, 0.6) is 5.75 Å². The molecule has 3 N–H and O–H groups in total. The van der Waals surface area contributed by atoms with Gasteiger partial charge >= 0.3 is 0 Å². The Kier molecular flexibility index (Phi) is 3.32. The molecule has 1 aromatic rings. The Labute approximate surface area is 82.1 Å². The van der Waals surface area contributed by atoms with E-state index in [0.717, 1.165) is 0 Å². The molecule has 1 rings (SSSR count). The number of benzene rings is 1. The normalized spacial score (nSPS) is 11.2. The SMILES string of the molecule is O=S(=O)(O)CCNc1ccccc1O. The standard InChI is InChI=1S/C8H11NO4S/c10-8-4-2-1-3-7(8)9-5-6-14(11,12)13/h1-4,9-10H,5-6H2,(H,11,12,13). The lowest BCUT2D eigenvalue weighted by Crippen LogP contribution is -2.14. The van der Waals surface area contributed by atoms with E-state index in [2.05, 4.69) is 5.32 Å². The molecule has 0 unspecified atom stereocenters. The third-order valence-corrected chi connectivity index (χ3v) is 2.30. The van der Waals surface area contributed by atoms with Crippen LogP contribution < -0.4 is 5.32 Å². The van der Waals surface area contributed by atoms with Crippen LogP contribution in [0.25, 0.3) is 0 Å². The summed E-state index contributed by atoms with van der Waals surface area (Å²) in [4.78, 5) is 0. The maximum Gasteiger partial charge on any atom is 0.266 e. The second kappa shape index (κ2) is 4.30. The Morgan fingerprint density at radius 2 is 1.93 bits per heavy atom. The number of phenolic OH excluding ortho intramolecular Hbond substituents is 1. The Hall–Kier alpha value is -1.27. The van der Waals surface area contributed by atoms with E-state index in [1.807, 2.05) is 0 Å². The number of para-hydroxylation sites is 2. The van der Waals surface area contributed by atoms with Crippen molar-refractivity contribution in [2.75, 3.05) is 17.6 Å². The third kappa shape index (κ3) is 3.63. The van der Waals surface area contributed by atoms with Gasteiger partial charge in [-0.1, -0.05) is 12.1 Å². The molecule has 0 bridgehead atoms. The molecule has 0 amide bonds. The van der Waals surface area contributed by atoms with Crippen LogP contribution in [0, 0.1) is 0 Å². The van der Waals surface area contributed by atoms with Crippen LogP contribution in [0.15, 0.2) is 24.3 Å². The van der Waals surface area contributed by atoms with Crippen molar-refractivity contribution < 1.29 is 18.1 Å². The highest BCUT2D eigenvalue weighted by Gasteiger charge is 2.04. The van der Waals surface area contributed by atoms with Crippen LogP contribution in [-0.4, -0.2) is 30.4 Å². The van der Waals surface area contributed by atoms with Gasteiger partial charge in [0.05, 0.1) is 11.4 Å². The van der Waals surface area contributed by atoms with Gasteiger partial charge in [0.25, 0.3) is 10.1 Å². The van der Waals surface area contributed by atoms with E-state index in [0.29, 0.717) is 5.69 Å². The number of phenols is 1. The average molecular weight is 217 g/mol. The van der Waals surface area contributed by atoms with Crippen LogP contribution in [-0.2, 0) is 10.1 Å². The number of nitrogens with one attached hydrogen (secondary N) is 1. The predicted molar refractivity (Wildman–Crippen MR) is 53.0 cm³/mol. The minimum absolute atomic E-state index is 0.0443. The first-order chi connectivity index (χ1) is 6.49. The van der Waals surface area contributed by atoms with Crippen molar-refractivity contribution in [2.24, 2.45) is 0 Å². The van der Waals surface area contributed by atoms with Crippen molar-refractivity contribution in [3.63, 3.8) is 0 Å². The van der Waals surface area contributed by atoms with Crippen LogP contribution >= 0.6 is 0 Å². The molecule has 6 heteroatoms. The minimum Gasteiger partial charge on any atom is -0.506 e. The molecule has 0 aliphatic heterocycles. The van der Waals surface area contributed by atoms with E-state index in [-0.39, 0.29) is 18.0 Å². The van der Waals surface area contributed by atoms with E-state index >= 15 is 0 Å². The Morgan fingerprint density at radius 3 is 2.50 bits per heavy atom. The number of hydrogen-bond donors (Lipinski definition) is 3. The zero-order valence-corrected chi connectivity index (χ0v) is 8.16. The second-order valence-corrected chi connectivity index (χ2v) is 4.30. The third-order valence-electron chi connectivity index (χ3n) is 1.58. The average Bonchev–Trinajstić information content (AvgIpc) is 2.06. The van der Waals surface area contributed by atoms with Crippen molar-refractivity contribution in [1.82, 2.24) is 0 Å². The molecular weight excluding hydrogens is 206 g/mol. The summed E-state index contributed by atoms with van der Waals surface area (Å²) < 4.78 is 29.2. The fourth-order valence-electron chi connectivity index (χ4n) is 0.938. The summed E-state index contributed by atoms with van der Waals surface area (Å²) in [6.45, 7) is 0.0520. The fourth-order valence-corrected chi connectivity index (χ4v) is 1.30. The zero-order chi connectivity index (χ0) is 10.6. The maximum absolute atomic E-state index is 10.4. The molecule has 0 spiro atoms. The molecule has 0 aliphatic carbocycles. The molecule has 5 nitrogen and oxygen atoms in total. The van der Waals surface area contributed by atoms with Crippen molar-refractivity contribution in [1.29, 1.82) is 0 Å². The largest absolute Gasteiger partial charge is 0.506 e. The van der Waals surface area contributed by atoms with Gasteiger partial charge in [0, 0.05) is 6.54 Å². The van der Waals surface area contributed by atoms with Crippen LogP contribution in [0.4, 0.5) is 5.69 Å². The maximum atomic E-state index is 10.4. The molecule has 0 aromatic heterocycles. The van der Waals surface area contributed by atoms with E-state index in [1.54, 1.807) is 18.2 Å². The first kappa shape index (κ1) is 10.8. The summed E-state index contributed by atoms with van der Waals surface area (Å²) in [5.41, 5.74) is 0.441. The van der Waals surface area contributed by atoms with E-state index < -0.39 is 10.1 Å². The number of anilines is 1. The zero-order valence-electron chi connectivity index (χ0n) is 7.34. The van der Waals surface area contributed by atoms with Gasteiger partial charge in [-0.05, 0) is 12.1 Å². The lowest BCUT2D eigenvalue weighted by molar-refractivity contribution is 0.476. The summed E-state index contributed by atoms with van der Waals surface area (Å²) in [5.74, 6) is -0.343. The van der Waals surface area contributed by atoms with Crippen molar-refractivity contribution in [3.05, 3.63) is 24.3 Å². The molecule has 0 saturated carbocycles. The lowest BCUT2D eigenvalue weighted by Gasteiger charge is -2.06. The highest BCUT2D eigenvalue weighted by atomic mass is 32.2. The summed E-state index contributed by atoms with van der Waals surface area (Å²) >= 11 is 0. The van der Waals surface area contributed by atoms with Gasteiger partial charge in [0.15, 0.2) is 0 Å². The van der Waals surface area contributed by atoms with Crippen molar-refractivity contribution >= 4 is 15.8 Å². The van der Waals surface area contributed by atoms with Gasteiger partial charge < -0.3 is 10.4 Å².